The lowest BCUT2D eigenvalue weighted by Gasteiger charge is -2.23. The van der Waals surface area contributed by atoms with Crippen molar-refractivity contribution >= 4 is 17.4 Å². The van der Waals surface area contributed by atoms with Crippen LogP contribution in [0.25, 0.3) is 5.52 Å². The van der Waals surface area contributed by atoms with Crippen molar-refractivity contribution in [3.8, 4) is 0 Å². The summed E-state index contributed by atoms with van der Waals surface area (Å²) in [7, 11) is 0. The second-order valence-corrected chi connectivity index (χ2v) is 6.74. The molecule has 0 aliphatic rings. The van der Waals surface area contributed by atoms with E-state index in [1.54, 1.807) is 46.1 Å². The van der Waals surface area contributed by atoms with E-state index < -0.39 is 5.97 Å². The number of benzene rings is 2. The van der Waals surface area contributed by atoms with E-state index in [2.05, 4.69) is 5.10 Å². The van der Waals surface area contributed by atoms with Gasteiger partial charge in [0.05, 0.1) is 22.8 Å². The van der Waals surface area contributed by atoms with Crippen LogP contribution in [-0.4, -0.2) is 31.5 Å². The molecule has 2 heterocycles. The summed E-state index contributed by atoms with van der Waals surface area (Å²) in [6, 6.07) is 22.0. The molecule has 0 aliphatic heterocycles. The summed E-state index contributed by atoms with van der Waals surface area (Å²) in [4.78, 5) is 26.2. The molecule has 29 heavy (non-hydrogen) atoms. The number of carbonyl (C=O) groups excluding carboxylic acids is 1. The van der Waals surface area contributed by atoms with Gasteiger partial charge in [0, 0.05) is 19.3 Å². The lowest BCUT2D eigenvalue weighted by atomic mass is 10.1. The van der Waals surface area contributed by atoms with Gasteiger partial charge in [0.25, 0.3) is 5.91 Å². The minimum absolute atomic E-state index is 0.127. The maximum atomic E-state index is 13.4. The zero-order valence-corrected chi connectivity index (χ0v) is 15.6. The predicted octanol–water partition coefficient (Wildman–Crippen LogP) is 3.88. The van der Waals surface area contributed by atoms with Crippen LogP contribution in [0.2, 0.25) is 0 Å². The summed E-state index contributed by atoms with van der Waals surface area (Å²) in [6.45, 7) is 0.794. The van der Waals surface area contributed by atoms with E-state index in [9.17, 15) is 9.59 Å². The topological polar surface area (TPSA) is 74.9 Å². The standard InChI is InChI=1S/C23H19N3O3/c27-22(20-14-24-26-13-5-4-8-21(20)26)25(15-17-6-2-1-3-7-17)16-18-9-11-19(12-10-18)23(28)29/h1-14H,15-16H2,(H,28,29). The number of aromatic nitrogens is 2. The molecule has 2 aromatic carbocycles. The Balaban J connectivity index is 1.66. The Hall–Kier alpha value is -3.93. The molecule has 0 aliphatic carbocycles. The molecule has 0 unspecified atom stereocenters. The summed E-state index contributed by atoms with van der Waals surface area (Å²) in [5.41, 5.74) is 3.37. The SMILES string of the molecule is O=C(O)c1ccc(CN(Cc2ccccc2)C(=O)c2cnn3ccccc23)cc1. The van der Waals surface area contributed by atoms with E-state index in [-0.39, 0.29) is 11.5 Å². The highest BCUT2D eigenvalue weighted by Gasteiger charge is 2.20. The van der Waals surface area contributed by atoms with Crippen LogP contribution in [0.5, 0.6) is 0 Å². The van der Waals surface area contributed by atoms with Gasteiger partial charge in [-0.05, 0) is 35.4 Å². The Morgan fingerprint density at radius 2 is 1.52 bits per heavy atom. The van der Waals surface area contributed by atoms with E-state index >= 15 is 0 Å². The third-order valence-electron chi connectivity index (χ3n) is 4.73. The van der Waals surface area contributed by atoms with Crippen LogP contribution >= 0.6 is 0 Å². The third-order valence-corrected chi connectivity index (χ3v) is 4.73. The molecule has 4 aromatic rings. The van der Waals surface area contributed by atoms with Crippen molar-refractivity contribution in [2.45, 2.75) is 13.1 Å². The predicted molar refractivity (Wildman–Crippen MR) is 109 cm³/mol. The van der Waals surface area contributed by atoms with Crippen LogP contribution in [0.3, 0.4) is 0 Å². The molecule has 1 N–H and O–H groups in total. The second-order valence-electron chi connectivity index (χ2n) is 6.74. The van der Waals surface area contributed by atoms with Crippen LogP contribution < -0.4 is 0 Å². The van der Waals surface area contributed by atoms with Crippen molar-refractivity contribution in [2.75, 3.05) is 0 Å². The normalized spacial score (nSPS) is 10.8. The monoisotopic (exact) mass is 385 g/mol. The molecule has 6 nitrogen and oxygen atoms in total. The smallest absolute Gasteiger partial charge is 0.335 e. The van der Waals surface area contributed by atoms with Crippen LogP contribution in [0.15, 0.2) is 85.2 Å². The van der Waals surface area contributed by atoms with Gasteiger partial charge in [0.2, 0.25) is 0 Å². The average molecular weight is 385 g/mol. The number of carboxylic acids is 1. The molecule has 144 valence electrons. The number of fused-ring (bicyclic) bond motifs is 1. The number of carbonyl (C=O) groups is 2. The minimum atomic E-state index is -0.972. The van der Waals surface area contributed by atoms with Crippen LogP contribution in [0, 0.1) is 0 Å². The number of rotatable bonds is 6. The molecule has 0 saturated heterocycles. The first-order chi connectivity index (χ1) is 14.1. The summed E-state index contributed by atoms with van der Waals surface area (Å²) in [5, 5.41) is 13.4. The molecule has 0 radical (unpaired) electrons. The van der Waals surface area contributed by atoms with Gasteiger partial charge in [0.1, 0.15) is 0 Å². The first-order valence-corrected chi connectivity index (χ1v) is 9.19. The Kier molecular flexibility index (Phi) is 5.07. The van der Waals surface area contributed by atoms with Gasteiger partial charge in [-0.2, -0.15) is 5.10 Å². The largest absolute Gasteiger partial charge is 0.478 e. The lowest BCUT2D eigenvalue weighted by Crippen LogP contribution is -2.30. The zero-order valence-electron chi connectivity index (χ0n) is 15.6. The first-order valence-electron chi connectivity index (χ1n) is 9.19. The van der Waals surface area contributed by atoms with E-state index in [0.717, 1.165) is 16.6 Å². The van der Waals surface area contributed by atoms with E-state index in [4.69, 9.17) is 5.11 Å². The average Bonchev–Trinajstić information content (AvgIpc) is 3.18. The molecule has 2 aromatic heterocycles. The summed E-state index contributed by atoms with van der Waals surface area (Å²) < 4.78 is 1.68. The Morgan fingerprint density at radius 3 is 2.21 bits per heavy atom. The number of nitrogens with zero attached hydrogens (tertiary/aromatic N) is 3. The molecule has 0 atom stereocenters. The van der Waals surface area contributed by atoms with Crippen molar-refractivity contribution in [1.29, 1.82) is 0 Å². The molecule has 0 fully saturated rings. The van der Waals surface area contributed by atoms with Gasteiger partial charge in [-0.25, -0.2) is 9.31 Å². The van der Waals surface area contributed by atoms with Crippen molar-refractivity contribution in [1.82, 2.24) is 14.5 Å². The third kappa shape index (κ3) is 4.01. The number of amides is 1. The van der Waals surface area contributed by atoms with Crippen molar-refractivity contribution < 1.29 is 14.7 Å². The summed E-state index contributed by atoms with van der Waals surface area (Å²) >= 11 is 0. The Bertz CT molecular complexity index is 1150. The molecule has 6 heteroatoms. The van der Waals surface area contributed by atoms with Gasteiger partial charge in [-0.1, -0.05) is 48.5 Å². The lowest BCUT2D eigenvalue weighted by molar-refractivity contribution is 0.0693. The molecular weight excluding hydrogens is 366 g/mol. The van der Waals surface area contributed by atoms with Gasteiger partial charge < -0.3 is 10.0 Å². The maximum Gasteiger partial charge on any atom is 0.335 e. The Labute approximate surface area is 167 Å². The minimum Gasteiger partial charge on any atom is -0.478 e. The first kappa shape index (κ1) is 18.4. The number of hydrogen-bond donors (Lipinski definition) is 1. The van der Waals surface area contributed by atoms with Crippen molar-refractivity contribution in [2.24, 2.45) is 0 Å². The molecule has 4 rings (SSSR count). The highest BCUT2D eigenvalue weighted by molar-refractivity contribution is 6.00. The summed E-state index contributed by atoms with van der Waals surface area (Å²) in [5.74, 6) is -1.10. The fraction of sp³-hybridized carbons (Fsp3) is 0.0870. The maximum absolute atomic E-state index is 13.4. The van der Waals surface area contributed by atoms with Gasteiger partial charge in [0.15, 0.2) is 0 Å². The van der Waals surface area contributed by atoms with E-state index in [1.807, 2.05) is 48.5 Å². The Morgan fingerprint density at radius 1 is 0.862 bits per heavy atom. The van der Waals surface area contributed by atoms with Crippen molar-refractivity contribution in [3.05, 3.63) is 107 Å². The zero-order chi connectivity index (χ0) is 20.2. The number of aromatic carboxylic acids is 1. The van der Waals surface area contributed by atoms with Crippen LogP contribution in [-0.2, 0) is 13.1 Å². The fourth-order valence-electron chi connectivity index (χ4n) is 3.25. The second kappa shape index (κ2) is 7.98. The van der Waals surface area contributed by atoms with Gasteiger partial charge >= 0.3 is 5.97 Å². The molecule has 1 amide bonds. The van der Waals surface area contributed by atoms with Gasteiger partial charge in [-0.15, -0.1) is 0 Å². The van der Waals surface area contributed by atoms with E-state index in [0.29, 0.717) is 18.7 Å². The number of hydrogen-bond acceptors (Lipinski definition) is 3. The highest BCUT2D eigenvalue weighted by atomic mass is 16.4. The quantitative estimate of drug-likeness (QED) is 0.547. The molecule has 0 saturated carbocycles. The van der Waals surface area contributed by atoms with Crippen LogP contribution in [0.1, 0.15) is 31.8 Å². The molecule has 0 bridgehead atoms. The van der Waals surface area contributed by atoms with Crippen LogP contribution in [0.4, 0.5) is 0 Å². The molecular formula is C23H19N3O3. The van der Waals surface area contributed by atoms with E-state index in [1.165, 1.54) is 0 Å². The van der Waals surface area contributed by atoms with Gasteiger partial charge in [-0.3, -0.25) is 4.79 Å². The highest BCUT2D eigenvalue weighted by Crippen LogP contribution is 2.18. The number of pyridine rings is 1. The molecule has 0 spiro atoms. The fourth-order valence-corrected chi connectivity index (χ4v) is 3.25. The number of carboxylic acid groups (broad SMARTS) is 1. The van der Waals surface area contributed by atoms with Crippen molar-refractivity contribution in [3.63, 3.8) is 0 Å². The summed E-state index contributed by atoms with van der Waals surface area (Å²) in [6.07, 6.45) is 3.39.